The fourth-order valence-corrected chi connectivity index (χ4v) is 6.77. The van der Waals surface area contributed by atoms with Gasteiger partial charge in [-0.25, -0.2) is 9.79 Å². The van der Waals surface area contributed by atoms with Crippen molar-refractivity contribution in [2.45, 2.75) is 52.4 Å². The molecule has 1 aliphatic carbocycles. The summed E-state index contributed by atoms with van der Waals surface area (Å²) in [7, 11) is 3.44. The molecule has 0 unspecified atom stereocenters. The van der Waals surface area contributed by atoms with Gasteiger partial charge in [0.1, 0.15) is 10.7 Å². The Morgan fingerprint density at radius 3 is 2.77 bits per heavy atom. The fourth-order valence-electron chi connectivity index (χ4n) is 4.65. The third-order valence-electron chi connectivity index (χ3n) is 6.47. The topological polar surface area (TPSA) is 115 Å². The van der Waals surface area contributed by atoms with Gasteiger partial charge in [-0.1, -0.05) is 18.2 Å². The number of thiophene rings is 1. The van der Waals surface area contributed by atoms with Crippen LogP contribution in [0, 0.1) is 6.92 Å². The molecule has 2 amide bonds. The summed E-state index contributed by atoms with van der Waals surface area (Å²) in [5.41, 5.74) is 3.41. The van der Waals surface area contributed by atoms with E-state index in [2.05, 4.69) is 15.4 Å². The lowest BCUT2D eigenvalue weighted by Crippen LogP contribution is -2.32. The van der Waals surface area contributed by atoms with Gasteiger partial charge >= 0.3 is 5.97 Å². The predicted octanol–water partition coefficient (Wildman–Crippen LogP) is 4.18. The van der Waals surface area contributed by atoms with Crippen LogP contribution in [0.4, 0.5) is 5.00 Å². The van der Waals surface area contributed by atoms with Crippen LogP contribution >= 0.6 is 23.1 Å². The second-order valence-electron chi connectivity index (χ2n) is 9.40. The minimum Gasteiger partial charge on any atom is -0.462 e. The molecule has 39 heavy (non-hydrogen) atoms. The van der Waals surface area contributed by atoms with E-state index in [9.17, 15) is 14.4 Å². The number of hydrogen-bond donors (Lipinski definition) is 1. The monoisotopic (exact) mass is 573 g/mol. The van der Waals surface area contributed by atoms with Crippen LogP contribution in [0.25, 0.3) is 6.08 Å². The Bertz CT molecular complexity index is 1300. The number of aryl methyl sites for hydroxylation is 3. The summed E-state index contributed by atoms with van der Waals surface area (Å²) in [6.45, 7) is 4.85. The molecule has 3 heterocycles. The predicted molar refractivity (Wildman–Crippen MR) is 154 cm³/mol. The van der Waals surface area contributed by atoms with E-state index in [4.69, 9.17) is 9.47 Å². The van der Waals surface area contributed by atoms with E-state index in [1.807, 2.05) is 20.2 Å². The highest BCUT2D eigenvalue weighted by molar-refractivity contribution is 8.14. The van der Waals surface area contributed by atoms with E-state index in [1.54, 1.807) is 29.7 Å². The molecular weight excluding hydrogens is 538 g/mol. The average molecular weight is 574 g/mol. The maximum absolute atomic E-state index is 13.2. The number of aliphatic imine (C=N–C) groups is 1. The summed E-state index contributed by atoms with van der Waals surface area (Å²) in [4.78, 5) is 46.4. The number of amidine groups is 1. The van der Waals surface area contributed by atoms with Gasteiger partial charge in [-0.3, -0.25) is 19.2 Å². The van der Waals surface area contributed by atoms with Gasteiger partial charge in [-0.05, 0) is 57.6 Å². The third-order valence-corrected chi connectivity index (χ3v) is 8.65. The standard InChI is InChI=1S/C27H35N5O5S2/c1-5-37-26(35)23-19-10-7-6-8-11-21(19)39-24(23)29-22(33)16-38-27-28-20(14-18-15-31(3)30-17(18)2)25(34)32(27)12-9-13-36-4/h14-15H,5-13,16H2,1-4H3,(H,29,33)/b20-14+. The molecule has 2 aromatic rings. The second kappa shape index (κ2) is 13.4. The molecule has 0 saturated heterocycles. The first kappa shape index (κ1) is 29.0. The molecule has 12 heteroatoms. The molecule has 0 aromatic carbocycles. The number of carbonyl (C=O) groups excluding carboxylic acids is 3. The van der Waals surface area contributed by atoms with E-state index >= 15 is 0 Å². The molecule has 0 fully saturated rings. The summed E-state index contributed by atoms with van der Waals surface area (Å²) in [5, 5.41) is 8.28. The molecule has 10 nitrogen and oxygen atoms in total. The maximum atomic E-state index is 13.2. The summed E-state index contributed by atoms with van der Waals surface area (Å²) >= 11 is 2.66. The van der Waals surface area contributed by atoms with Gasteiger partial charge in [0.25, 0.3) is 5.91 Å². The van der Waals surface area contributed by atoms with Gasteiger partial charge < -0.3 is 14.8 Å². The molecule has 0 radical (unpaired) electrons. The van der Waals surface area contributed by atoms with Crippen LogP contribution in [0.1, 0.15) is 64.7 Å². The van der Waals surface area contributed by atoms with Crippen molar-refractivity contribution in [3.05, 3.63) is 39.2 Å². The van der Waals surface area contributed by atoms with Crippen LogP contribution in [0.2, 0.25) is 0 Å². The molecule has 0 bridgehead atoms. The van der Waals surface area contributed by atoms with Gasteiger partial charge in [-0.2, -0.15) is 5.10 Å². The van der Waals surface area contributed by atoms with Crippen molar-refractivity contribution in [2.24, 2.45) is 12.0 Å². The van der Waals surface area contributed by atoms with Crippen LogP contribution in [-0.4, -0.2) is 70.3 Å². The zero-order valence-electron chi connectivity index (χ0n) is 22.9. The minimum atomic E-state index is -0.393. The van der Waals surface area contributed by atoms with Gasteiger partial charge in [-0.15, -0.1) is 11.3 Å². The zero-order valence-corrected chi connectivity index (χ0v) is 24.5. The van der Waals surface area contributed by atoms with Crippen molar-refractivity contribution in [1.82, 2.24) is 14.7 Å². The van der Waals surface area contributed by atoms with Crippen molar-refractivity contribution in [3.63, 3.8) is 0 Å². The van der Waals surface area contributed by atoms with Gasteiger partial charge in [0, 0.05) is 43.9 Å². The largest absolute Gasteiger partial charge is 0.462 e. The number of methoxy groups -OCH3 is 1. The number of amides is 2. The Labute approximate surface area is 236 Å². The summed E-state index contributed by atoms with van der Waals surface area (Å²) in [6.07, 6.45) is 9.12. The molecule has 1 N–H and O–H groups in total. The lowest BCUT2D eigenvalue weighted by atomic mass is 10.1. The van der Waals surface area contributed by atoms with E-state index in [1.165, 1.54) is 23.1 Å². The van der Waals surface area contributed by atoms with Gasteiger partial charge in [0.2, 0.25) is 5.91 Å². The van der Waals surface area contributed by atoms with E-state index < -0.39 is 5.97 Å². The molecule has 0 saturated carbocycles. The van der Waals surface area contributed by atoms with Crippen molar-refractivity contribution in [2.75, 3.05) is 37.9 Å². The second-order valence-corrected chi connectivity index (χ2v) is 11.4. The Hall–Kier alpha value is -2.96. The third kappa shape index (κ3) is 6.98. The first-order chi connectivity index (χ1) is 18.8. The van der Waals surface area contributed by atoms with Crippen LogP contribution in [0.15, 0.2) is 16.9 Å². The van der Waals surface area contributed by atoms with Crippen molar-refractivity contribution in [3.8, 4) is 0 Å². The molecule has 4 rings (SSSR count). The number of anilines is 1. The van der Waals surface area contributed by atoms with Crippen LogP contribution in [0.3, 0.4) is 0 Å². The Kier molecular flexibility index (Phi) is 9.98. The van der Waals surface area contributed by atoms with E-state index in [-0.39, 0.29) is 24.2 Å². The summed E-state index contributed by atoms with van der Waals surface area (Å²) in [6, 6.07) is 0. The SMILES string of the molecule is CCOC(=O)c1c(NC(=O)CSC2=N/C(=C/c3cn(C)nc3C)C(=O)N2CCCOC)sc2c1CCCCC2. The molecule has 0 atom stereocenters. The van der Waals surface area contributed by atoms with Gasteiger partial charge in [0.05, 0.1) is 23.6 Å². The number of carbonyl (C=O) groups is 3. The number of hydrogen-bond acceptors (Lipinski definition) is 9. The number of esters is 1. The van der Waals surface area contributed by atoms with E-state index in [0.717, 1.165) is 53.8 Å². The molecular formula is C27H35N5O5S2. The first-order valence-corrected chi connectivity index (χ1v) is 15.0. The maximum Gasteiger partial charge on any atom is 0.341 e. The van der Waals surface area contributed by atoms with Crippen LogP contribution < -0.4 is 5.32 Å². The normalized spacial score (nSPS) is 16.3. The van der Waals surface area contributed by atoms with Gasteiger partial charge in [0.15, 0.2) is 5.17 Å². The lowest BCUT2D eigenvalue weighted by Gasteiger charge is -2.17. The Balaban J connectivity index is 1.50. The van der Waals surface area contributed by atoms with Crippen LogP contribution in [0.5, 0.6) is 0 Å². The van der Waals surface area contributed by atoms with E-state index in [0.29, 0.717) is 41.0 Å². The van der Waals surface area contributed by atoms with Crippen molar-refractivity contribution >= 4 is 57.1 Å². The smallest absolute Gasteiger partial charge is 0.341 e. The molecule has 2 aliphatic rings. The minimum absolute atomic E-state index is 0.0386. The fraction of sp³-hybridized carbons (Fsp3) is 0.519. The Morgan fingerprint density at radius 2 is 2.05 bits per heavy atom. The lowest BCUT2D eigenvalue weighted by molar-refractivity contribution is -0.122. The average Bonchev–Trinajstić information content (AvgIpc) is 3.43. The number of rotatable bonds is 10. The highest BCUT2D eigenvalue weighted by Crippen LogP contribution is 2.38. The highest BCUT2D eigenvalue weighted by atomic mass is 32.2. The summed E-state index contributed by atoms with van der Waals surface area (Å²) in [5.74, 6) is -0.842. The number of nitrogens with one attached hydrogen (secondary N) is 1. The number of ether oxygens (including phenoxy) is 2. The van der Waals surface area contributed by atoms with Crippen molar-refractivity contribution < 1.29 is 23.9 Å². The number of thioether (sulfide) groups is 1. The zero-order chi connectivity index (χ0) is 27.9. The molecule has 1 aliphatic heterocycles. The molecule has 2 aromatic heterocycles. The Morgan fingerprint density at radius 1 is 1.26 bits per heavy atom. The first-order valence-electron chi connectivity index (χ1n) is 13.2. The highest BCUT2D eigenvalue weighted by Gasteiger charge is 2.31. The molecule has 210 valence electrons. The van der Waals surface area contributed by atoms with Crippen molar-refractivity contribution in [1.29, 1.82) is 0 Å². The number of nitrogens with zero attached hydrogens (tertiary/aromatic N) is 4. The molecule has 0 spiro atoms. The number of fused-ring (bicyclic) bond motifs is 1. The summed E-state index contributed by atoms with van der Waals surface area (Å²) < 4.78 is 12.2. The quantitative estimate of drug-likeness (QED) is 0.196. The number of aromatic nitrogens is 2. The van der Waals surface area contributed by atoms with Crippen LogP contribution in [-0.2, 0) is 39.0 Å².